The number of nitrogen functional groups attached to an aromatic ring is 1. The Labute approximate surface area is 103 Å². The van der Waals surface area contributed by atoms with Crippen LogP contribution in [0.1, 0.15) is 56.7 Å². The van der Waals surface area contributed by atoms with E-state index in [0.29, 0.717) is 17.7 Å². The van der Waals surface area contributed by atoms with Crippen LogP contribution in [0.2, 0.25) is 0 Å². The minimum absolute atomic E-state index is 0.552. The van der Waals surface area contributed by atoms with Crippen LogP contribution in [-0.4, -0.2) is 5.16 Å². The summed E-state index contributed by atoms with van der Waals surface area (Å²) < 4.78 is 5.24. The van der Waals surface area contributed by atoms with Crippen LogP contribution in [-0.2, 0) is 6.42 Å². The van der Waals surface area contributed by atoms with E-state index in [1.165, 1.54) is 36.9 Å². The number of hydrogen-bond acceptors (Lipinski definition) is 3. The van der Waals surface area contributed by atoms with Crippen molar-refractivity contribution in [2.24, 2.45) is 17.8 Å². The van der Waals surface area contributed by atoms with Crippen molar-refractivity contribution in [1.29, 1.82) is 0 Å². The first-order chi connectivity index (χ1) is 8.15. The Morgan fingerprint density at radius 3 is 2.76 bits per heavy atom. The predicted molar refractivity (Wildman–Crippen MR) is 67.6 cm³/mol. The number of rotatable bonds is 3. The molecule has 0 aromatic carbocycles. The first-order valence-electron chi connectivity index (χ1n) is 6.89. The smallest absolute Gasteiger partial charge is 0.225 e. The van der Waals surface area contributed by atoms with Gasteiger partial charge in [0, 0.05) is 11.5 Å². The summed E-state index contributed by atoms with van der Waals surface area (Å²) >= 11 is 0. The molecule has 1 aromatic rings. The van der Waals surface area contributed by atoms with Gasteiger partial charge in [0.05, 0.1) is 5.69 Å². The molecule has 2 aliphatic carbocycles. The molecule has 94 valence electrons. The van der Waals surface area contributed by atoms with E-state index in [-0.39, 0.29) is 0 Å². The van der Waals surface area contributed by atoms with Gasteiger partial charge in [0.25, 0.3) is 0 Å². The van der Waals surface area contributed by atoms with E-state index in [0.717, 1.165) is 18.3 Å². The summed E-state index contributed by atoms with van der Waals surface area (Å²) in [5, 5.41) is 4.27. The molecule has 0 aliphatic heterocycles. The van der Waals surface area contributed by atoms with Crippen molar-refractivity contribution >= 4 is 5.88 Å². The molecule has 0 saturated heterocycles. The van der Waals surface area contributed by atoms with E-state index < -0.39 is 0 Å². The summed E-state index contributed by atoms with van der Waals surface area (Å²) in [4.78, 5) is 0. The molecule has 17 heavy (non-hydrogen) atoms. The highest BCUT2D eigenvalue weighted by molar-refractivity contribution is 5.41. The summed E-state index contributed by atoms with van der Waals surface area (Å²) in [6, 6.07) is 0. The molecule has 1 heterocycles. The quantitative estimate of drug-likeness (QED) is 0.872. The van der Waals surface area contributed by atoms with Crippen LogP contribution in [0.15, 0.2) is 4.52 Å². The maximum absolute atomic E-state index is 5.93. The molecule has 2 N–H and O–H groups in total. The Morgan fingerprint density at radius 2 is 2.18 bits per heavy atom. The lowest BCUT2D eigenvalue weighted by Crippen LogP contribution is -2.12. The highest BCUT2D eigenvalue weighted by Crippen LogP contribution is 2.53. The fraction of sp³-hybridized carbons (Fsp3) is 0.786. The Bertz CT molecular complexity index is 410. The second kappa shape index (κ2) is 4.04. The Morgan fingerprint density at radius 1 is 1.35 bits per heavy atom. The minimum atomic E-state index is 0.552. The Balaban J connectivity index is 1.87. The van der Waals surface area contributed by atoms with E-state index in [1.807, 2.05) is 0 Å². The fourth-order valence-corrected chi connectivity index (χ4v) is 3.82. The van der Waals surface area contributed by atoms with Crippen molar-refractivity contribution in [2.45, 2.75) is 51.9 Å². The van der Waals surface area contributed by atoms with Gasteiger partial charge in [0.15, 0.2) is 0 Å². The molecule has 3 heteroatoms. The molecular formula is C14H22N2O. The third kappa shape index (κ3) is 1.85. The molecule has 2 bridgehead atoms. The first-order valence-corrected chi connectivity index (χ1v) is 6.89. The van der Waals surface area contributed by atoms with Gasteiger partial charge in [-0.3, -0.25) is 0 Å². The van der Waals surface area contributed by atoms with Crippen LogP contribution in [0.25, 0.3) is 0 Å². The largest absolute Gasteiger partial charge is 0.367 e. The number of aromatic nitrogens is 1. The molecule has 3 atom stereocenters. The Hall–Kier alpha value is -0.990. The zero-order chi connectivity index (χ0) is 12.0. The first kappa shape index (κ1) is 11.1. The molecular weight excluding hydrogens is 212 g/mol. The highest BCUT2D eigenvalue weighted by Gasteiger charge is 2.42. The zero-order valence-corrected chi connectivity index (χ0v) is 10.8. The number of nitrogens with two attached hydrogens (primary N) is 1. The number of anilines is 1. The van der Waals surface area contributed by atoms with Gasteiger partial charge in [0.2, 0.25) is 5.88 Å². The average molecular weight is 234 g/mol. The monoisotopic (exact) mass is 234 g/mol. The molecule has 2 aliphatic rings. The molecule has 0 amide bonds. The molecule has 0 radical (unpaired) electrons. The SMILES string of the molecule is CC(C)Cc1c(C2CC3CCC2C3)noc1N. The van der Waals surface area contributed by atoms with Crippen molar-refractivity contribution < 1.29 is 4.52 Å². The second-order valence-corrected chi connectivity index (χ2v) is 6.29. The summed E-state index contributed by atoms with van der Waals surface area (Å²) in [6.45, 7) is 4.44. The molecule has 2 saturated carbocycles. The van der Waals surface area contributed by atoms with Crippen LogP contribution in [0.3, 0.4) is 0 Å². The van der Waals surface area contributed by atoms with Crippen molar-refractivity contribution in [2.75, 3.05) is 5.73 Å². The maximum Gasteiger partial charge on any atom is 0.225 e. The summed E-state index contributed by atoms with van der Waals surface area (Å²) in [5.41, 5.74) is 8.30. The van der Waals surface area contributed by atoms with E-state index >= 15 is 0 Å². The third-order valence-electron chi connectivity index (χ3n) is 4.55. The van der Waals surface area contributed by atoms with Crippen LogP contribution >= 0.6 is 0 Å². The molecule has 2 fully saturated rings. The van der Waals surface area contributed by atoms with Gasteiger partial charge in [-0.2, -0.15) is 0 Å². The van der Waals surface area contributed by atoms with Crippen molar-refractivity contribution in [3.63, 3.8) is 0 Å². The predicted octanol–water partition coefficient (Wildman–Crippen LogP) is 3.36. The lowest BCUT2D eigenvalue weighted by molar-refractivity contribution is 0.374. The molecule has 3 unspecified atom stereocenters. The average Bonchev–Trinajstić information content (AvgIpc) is 2.94. The zero-order valence-electron chi connectivity index (χ0n) is 10.8. The van der Waals surface area contributed by atoms with E-state index in [1.54, 1.807) is 0 Å². The van der Waals surface area contributed by atoms with Gasteiger partial charge in [0.1, 0.15) is 0 Å². The van der Waals surface area contributed by atoms with Crippen LogP contribution in [0.5, 0.6) is 0 Å². The summed E-state index contributed by atoms with van der Waals surface area (Å²) in [6.07, 6.45) is 6.51. The molecule has 1 aromatic heterocycles. The standard InChI is InChI=1S/C14H22N2O/c1-8(2)5-12-13(16-17-14(12)15)11-7-9-3-4-10(11)6-9/h8-11H,3-7,15H2,1-2H3. The second-order valence-electron chi connectivity index (χ2n) is 6.29. The van der Waals surface area contributed by atoms with Gasteiger partial charge < -0.3 is 10.3 Å². The lowest BCUT2D eigenvalue weighted by atomic mass is 9.84. The van der Waals surface area contributed by atoms with Gasteiger partial charge in [-0.05, 0) is 43.4 Å². The van der Waals surface area contributed by atoms with Crippen LogP contribution in [0, 0.1) is 17.8 Å². The number of fused-ring (bicyclic) bond motifs is 2. The van der Waals surface area contributed by atoms with Crippen molar-refractivity contribution in [3.8, 4) is 0 Å². The molecule has 3 rings (SSSR count). The number of hydrogen-bond donors (Lipinski definition) is 1. The van der Waals surface area contributed by atoms with Gasteiger partial charge in [-0.15, -0.1) is 0 Å². The summed E-state index contributed by atoms with van der Waals surface area (Å²) in [7, 11) is 0. The molecule has 0 spiro atoms. The van der Waals surface area contributed by atoms with Crippen LogP contribution < -0.4 is 5.73 Å². The Kier molecular flexibility index (Phi) is 2.64. The van der Waals surface area contributed by atoms with E-state index in [9.17, 15) is 0 Å². The van der Waals surface area contributed by atoms with E-state index in [4.69, 9.17) is 10.3 Å². The van der Waals surface area contributed by atoms with Gasteiger partial charge >= 0.3 is 0 Å². The van der Waals surface area contributed by atoms with E-state index in [2.05, 4.69) is 19.0 Å². The highest BCUT2D eigenvalue weighted by atomic mass is 16.5. The van der Waals surface area contributed by atoms with Gasteiger partial charge in [-0.25, -0.2) is 0 Å². The lowest BCUT2D eigenvalue weighted by Gasteiger charge is -2.20. The third-order valence-corrected chi connectivity index (χ3v) is 4.55. The van der Waals surface area contributed by atoms with Crippen LogP contribution in [0.4, 0.5) is 5.88 Å². The fourth-order valence-electron chi connectivity index (χ4n) is 3.82. The van der Waals surface area contributed by atoms with Gasteiger partial charge in [-0.1, -0.05) is 25.4 Å². The summed E-state index contributed by atoms with van der Waals surface area (Å²) in [5.74, 6) is 3.57. The molecule has 3 nitrogen and oxygen atoms in total. The number of nitrogens with zero attached hydrogens (tertiary/aromatic N) is 1. The normalized spacial score (nSPS) is 31.6. The maximum atomic E-state index is 5.93. The van der Waals surface area contributed by atoms with Crippen molar-refractivity contribution in [3.05, 3.63) is 11.3 Å². The topological polar surface area (TPSA) is 52.0 Å². The van der Waals surface area contributed by atoms with Crippen molar-refractivity contribution in [1.82, 2.24) is 5.16 Å². The minimum Gasteiger partial charge on any atom is -0.367 e.